The van der Waals surface area contributed by atoms with Gasteiger partial charge in [0.15, 0.2) is 5.82 Å². The van der Waals surface area contributed by atoms with Gasteiger partial charge >= 0.3 is 6.09 Å². The van der Waals surface area contributed by atoms with E-state index in [2.05, 4.69) is 0 Å². The minimum absolute atomic E-state index is 0.252. The highest BCUT2D eigenvalue weighted by Gasteiger charge is 2.30. The predicted octanol–water partition coefficient (Wildman–Crippen LogP) is 7.05. The number of rotatable bonds is 4. The number of aromatic nitrogens is 2. The van der Waals surface area contributed by atoms with Crippen LogP contribution in [-0.4, -0.2) is 35.9 Å². The summed E-state index contributed by atoms with van der Waals surface area (Å²) in [6.07, 6.45) is 2.18. The van der Waals surface area contributed by atoms with Crippen molar-refractivity contribution in [2.45, 2.75) is 33.3 Å². The number of hydrogen-bond acceptors (Lipinski definition) is 5. The second-order valence-corrected chi connectivity index (χ2v) is 12.1. The third kappa shape index (κ3) is 4.63. The predicted molar refractivity (Wildman–Crippen MR) is 152 cm³/mol. The number of fused-ring (bicyclic) bond motifs is 3. The summed E-state index contributed by atoms with van der Waals surface area (Å²) >= 11 is 0. The lowest BCUT2D eigenvalue weighted by atomic mass is 10.00. The van der Waals surface area contributed by atoms with E-state index < -0.39 is 21.7 Å². The zero-order valence-corrected chi connectivity index (χ0v) is 22.8. The van der Waals surface area contributed by atoms with Gasteiger partial charge in [-0.05, 0) is 51.5 Å². The lowest BCUT2D eigenvalue weighted by Crippen LogP contribution is -2.27. The Morgan fingerprint density at radius 2 is 1.53 bits per heavy atom. The molecule has 3 aromatic carbocycles. The van der Waals surface area contributed by atoms with Crippen LogP contribution in [0.2, 0.25) is 0 Å². The Morgan fingerprint density at radius 1 is 0.895 bits per heavy atom. The molecule has 5 aromatic rings. The van der Waals surface area contributed by atoms with Crippen molar-refractivity contribution in [3.05, 3.63) is 90.6 Å². The normalized spacial score (nSPS) is 12.1. The molecule has 0 saturated heterocycles. The first kappa shape index (κ1) is 25.5. The molecule has 8 heteroatoms. The van der Waals surface area contributed by atoms with E-state index in [9.17, 15) is 13.2 Å². The highest BCUT2D eigenvalue weighted by Crippen LogP contribution is 2.44. The average molecular weight is 528 g/mol. The molecule has 2 aromatic heterocycles. The minimum Gasteiger partial charge on any atom is -0.443 e. The lowest BCUT2D eigenvalue weighted by molar-refractivity contribution is 0.0551. The van der Waals surface area contributed by atoms with Crippen LogP contribution in [0.15, 0.2) is 85.1 Å². The minimum atomic E-state index is -3.80. The van der Waals surface area contributed by atoms with E-state index >= 15 is 0 Å². The number of carbonyl (C=O) groups excluding carboxylic acids is 1. The molecule has 0 saturated carbocycles. The van der Waals surface area contributed by atoms with Gasteiger partial charge in [-0.25, -0.2) is 27.1 Å². The maximum atomic E-state index is 13.4. The summed E-state index contributed by atoms with van der Waals surface area (Å²) in [5.41, 5.74) is 3.33. The summed E-state index contributed by atoms with van der Waals surface area (Å²) in [6.45, 7) is 7.39. The fourth-order valence-corrected chi connectivity index (χ4v) is 5.59. The quantitative estimate of drug-likeness (QED) is 0.250. The van der Waals surface area contributed by atoms with E-state index in [1.807, 2.05) is 94.4 Å². The van der Waals surface area contributed by atoms with Gasteiger partial charge in [-0.2, -0.15) is 0 Å². The molecule has 0 aliphatic heterocycles. The zero-order valence-electron chi connectivity index (χ0n) is 22.0. The average Bonchev–Trinajstić information content (AvgIpc) is 3.18. The van der Waals surface area contributed by atoms with Crippen LogP contribution in [0, 0.1) is 6.92 Å². The van der Waals surface area contributed by atoms with E-state index in [0.717, 1.165) is 22.8 Å². The molecular formula is C30H29N3O4S. The molecule has 0 fully saturated rings. The molecule has 0 aliphatic rings. The van der Waals surface area contributed by atoms with Gasteiger partial charge in [0.05, 0.1) is 29.2 Å². The molecule has 0 bridgehead atoms. The van der Waals surface area contributed by atoms with Gasteiger partial charge in [0.25, 0.3) is 0 Å². The Hall–Kier alpha value is -4.17. The molecular weight excluding hydrogens is 498 g/mol. The maximum Gasteiger partial charge on any atom is 0.419 e. The Morgan fingerprint density at radius 3 is 2.16 bits per heavy atom. The van der Waals surface area contributed by atoms with Crippen molar-refractivity contribution in [1.29, 1.82) is 0 Å². The fourth-order valence-electron chi connectivity index (χ4n) is 4.63. The van der Waals surface area contributed by atoms with E-state index in [1.165, 1.54) is 8.87 Å². The molecule has 5 rings (SSSR count). The number of hydrogen-bond donors (Lipinski definition) is 0. The molecule has 0 amide bonds. The van der Waals surface area contributed by atoms with Crippen molar-refractivity contribution in [3.8, 4) is 11.1 Å². The van der Waals surface area contributed by atoms with Gasteiger partial charge in [0.2, 0.25) is 10.0 Å². The Kier molecular flexibility index (Phi) is 6.23. The molecule has 7 nitrogen and oxygen atoms in total. The SMILES string of the molecule is Cc1ccc(N(c2ncc3c(c2-c2ccccc2)c2ccccc2n3C(=O)OC(C)(C)C)S(C)(=O)=O)cc1. The summed E-state index contributed by atoms with van der Waals surface area (Å²) < 4.78 is 35.1. The van der Waals surface area contributed by atoms with Crippen LogP contribution in [-0.2, 0) is 14.8 Å². The van der Waals surface area contributed by atoms with Crippen LogP contribution >= 0.6 is 0 Å². The van der Waals surface area contributed by atoms with Crippen LogP contribution < -0.4 is 4.31 Å². The smallest absolute Gasteiger partial charge is 0.419 e. The molecule has 0 unspecified atom stereocenters. The first-order valence-corrected chi connectivity index (χ1v) is 14.1. The summed E-state index contributed by atoms with van der Waals surface area (Å²) in [5, 5.41) is 1.50. The Labute approximate surface area is 222 Å². The molecule has 0 N–H and O–H groups in total. The van der Waals surface area contributed by atoms with Crippen LogP contribution in [0.3, 0.4) is 0 Å². The first-order valence-electron chi connectivity index (χ1n) is 12.2. The number of carbonyl (C=O) groups is 1. The number of aryl methyl sites for hydroxylation is 1. The van der Waals surface area contributed by atoms with Crippen molar-refractivity contribution < 1.29 is 17.9 Å². The third-order valence-corrected chi connectivity index (χ3v) is 7.17. The maximum absolute atomic E-state index is 13.4. The van der Waals surface area contributed by atoms with Crippen LogP contribution in [0.25, 0.3) is 32.9 Å². The molecule has 0 radical (unpaired) electrons. The van der Waals surface area contributed by atoms with Crippen LogP contribution in [0.4, 0.5) is 16.3 Å². The van der Waals surface area contributed by atoms with Crippen molar-refractivity contribution in [3.63, 3.8) is 0 Å². The lowest BCUT2D eigenvalue weighted by Gasteiger charge is -2.25. The van der Waals surface area contributed by atoms with Gasteiger partial charge in [0.1, 0.15) is 5.60 Å². The Balaban J connectivity index is 1.93. The van der Waals surface area contributed by atoms with Crippen molar-refractivity contribution >= 4 is 49.4 Å². The van der Waals surface area contributed by atoms with Crippen LogP contribution in [0.1, 0.15) is 26.3 Å². The molecule has 2 heterocycles. The second-order valence-electron chi connectivity index (χ2n) is 10.3. The highest BCUT2D eigenvalue weighted by molar-refractivity contribution is 7.92. The topological polar surface area (TPSA) is 81.5 Å². The number of nitrogens with zero attached hydrogens (tertiary/aromatic N) is 3. The van der Waals surface area contributed by atoms with Gasteiger partial charge in [-0.1, -0.05) is 66.2 Å². The first-order chi connectivity index (χ1) is 18.0. The highest BCUT2D eigenvalue weighted by atomic mass is 32.2. The number of pyridine rings is 1. The van der Waals surface area contributed by atoms with E-state index in [4.69, 9.17) is 9.72 Å². The molecule has 0 spiro atoms. The van der Waals surface area contributed by atoms with Gasteiger partial charge in [0, 0.05) is 16.3 Å². The number of sulfonamides is 1. The fraction of sp³-hybridized carbons (Fsp3) is 0.200. The number of benzene rings is 3. The summed E-state index contributed by atoms with van der Waals surface area (Å²) in [4.78, 5) is 18.1. The van der Waals surface area contributed by atoms with Crippen molar-refractivity contribution in [2.24, 2.45) is 0 Å². The van der Waals surface area contributed by atoms with E-state index in [1.54, 1.807) is 18.3 Å². The summed E-state index contributed by atoms with van der Waals surface area (Å²) in [5.74, 6) is 0.252. The van der Waals surface area contributed by atoms with Crippen LogP contribution in [0.5, 0.6) is 0 Å². The number of para-hydroxylation sites is 1. The van der Waals surface area contributed by atoms with Gasteiger partial charge in [-0.3, -0.25) is 0 Å². The van der Waals surface area contributed by atoms with Crippen molar-refractivity contribution in [2.75, 3.05) is 10.6 Å². The Bertz CT molecular complexity index is 1770. The van der Waals surface area contributed by atoms with Crippen molar-refractivity contribution in [1.82, 2.24) is 9.55 Å². The molecule has 194 valence electrons. The van der Waals surface area contributed by atoms with Gasteiger partial charge in [-0.15, -0.1) is 0 Å². The number of anilines is 2. The van der Waals surface area contributed by atoms with Gasteiger partial charge < -0.3 is 4.74 Å². The monoisotopic (exact) mass is 527 g/mol. The second kappa shape index (κ2) is 9.29. The largest absolute Gasteiger partial charge is 0.443 e. The number of ether oxygens (including phenoxy) is 1. The zero-order chi connectivity index (χ0) is 27.2. The standard InChI is InChI=1S/C30H29N3O4S/c1-20-15-17-22(18-16-20)33(38(5,35)36)28-26(21-11-7-6-8-12-21)27-23-13-9-10-14-24(23)32(25(27)19-31-28)29(34)37-30(2,3)4/h6-19H,1-5H3. The van der Waals surface area contributed by atoms with E-state index in [0.29, 0.717) is 27.7 Å². The summed E-state index contributed by atoms with van der Waals surface area (Å²) in [7, 11) is -3.80. The van der Waals surface area contributed by atoms with E-state index in [-0.39, 0.29) is 5.82 Å². The third-order valence-electron chi connectivity index (χ3n) is 6.13. The molecule has 0 aliphatic carbocycles. The molecule has 0 atom stereocenters. The molecule has 38 heavy (non-hydrogen) atoms. The summed E-state index contributed by atoms with van der Waals surface area (Å²) in [6, 6.07) is 24.3.